The van der Waals surface area contributed by atoms with Crippen molar-refractivity contribution in [2.24, 2.45) is 0 Å². The van der Waals surface area contributed by atoms with Crippen molar-refractivity contribution >= 4 is 65.7 Å². The number of furan rings is 2. The van der Waals surface area contributed by atoms with Crippen molar-refractivity contribution in [1.82, 2.24) is 19.5 Å². The van der Waals surface area contributed by atoms with Gasteiger partial charge in [0.2, 0.25) is 0 Å². The normalized spacial score (nSPS) is 11.9. The molecule has 0 saturated heterocycles. The second-order valence-electron chi connectivity index (χ2n) is 14.4. The number of nitrogens with zero attached hydrogens (tertiary/aromatic N) is 4. The van der Waals surface area contributed by atoms with Gasteiger partial charge < -0.3 is 13.4 Å². The predicted molar refractivity (Wildman–Crippen MR) is 230 cm³/mol. The predicted octanol–water partition coefficient (Wildman–Crippen LogP) is 13.4. The Balaban J connectivity index is 0.998. The topological polar surface area (TPSA) is 69.9 Å². The number of hydrogen-bond acceptors (Lipinski definition) is 5. The summed E-state index contributed by atoms with van der Waals surface area (Å²) in [6, 6.07) is 62.6. The Labute approximate surface area is 325 Å². The standard InChI is InChI=1S/C51H30N4O2/c1-3-12-31(13-4-1)33-16-11-17-34(28-33)50-52-49(32-14-5-2-6-15-32)53-51(54-50)35-22-24-38-41-30-36(23-27-45(41)56-46(38)29-35)55-42-20-9-7-19-40(42)47-43(55)26-25-39-37-18-8-10-21-44(37)57-48(39)47/h1-30H. The zero-order valence-electron chi connectivity index (χ0n) is 30.4. The highest BCUT2D eigenvalue weighted by Gasteiger charge is 2.20. The monoisotopic (exact) mass is 730 g/mol. The zero-order chi connectivity index (χ0) is 37.5. The van der Waals surface area contributed by atoms with Crippen LogP contribution in [0.4, 0.5) is 0 Å². The molecule has 0 bridgehead atoms. The van der Waals surface area contributed by atoms with Crippen molar-refractivity contribution < 1.29 is 8.83 Å². The van der Waals surface area contributed by atoms with Crippen molar-refractivity contribution in [2.45, 2.75) is 0 Å². The Hall–Kier alpha value is -7.83. The Bertz CT molecular complexity index is 3530. The van der Waals surface area contributed by atoms with Gasteiger partial charge in [0.15, 0.2) is 17.5 Å². The molecule has 0 radical (unpaired) electrons. The van der Waals surface area contributed by atoms with Gasteiger partial charge in [0.1, 0.15) is 22.3 Å². The summed E-state index contributed by atoms with van der Waals surface area (Å²) in [5.41, 5.74) is 11.5. The van der Waals surface area contributed by atoms with Crippen LogP contribution in [0.3, 0.4) is 0 Å². The van der Waals surface area contributed by atoms with Crippen LogP contribution in [-0.2, 0) is 0 Å². The van der Waals surface area contributed by atoms with E-state index in [4.69, 9.17) is 23.8 Å². The molecule has 0 N–H and O–H groups in total. The van der Waals surface area contributed by atoms with E-state index in [0.29, 0.717) is 17.5 Å². The highest BCUT2D eigenvalue weighted by Crippen LogP contribution is 2.42. The average Bonchev–Trinajstić information content (AvgIpc) is 3.96. The first-order valence-electron chi connectivity index (χ1n) is 19.0. The second-order valence-corrected chi connectivity index (χ2v) is 14.4. The first-order chi connectivity index (χ1) is 28.2. The summed E-state index contributed by atoms with van der Waals surface area (Å²) in [7, 11) is 0. The van der Waals surface area contributed by atoms with E-state index in [2.05, 4.69) is 132 Å². The van der Waals surface area contributed by atoms with Gasteiger partial charge in [-0.15, -0.1) is 0 Å². The smallest absolute Gasteiger partial charge is 0.164 e. The number of para-hydroxylation sites is 2. The number of benzene rings is 8. The maximum atomic E-state index is 6.55. The minimum atomic E-state index is 0.578. The SMILES string of the molecule is c1ccc(-c2cccc(-c3nc(-c4ccccc4)nc(-c4ccc5c(c4)oc4ccc(-n6c7ccccc7c7c8oc9ccccc9c8ccc76)cc45)n3)c2)cc1. The third kappa shape index (κ3) is 5.01. The lowest BCUT2D eigenvalue weighted by molar-refractivity contribution is 0.669. The van der Waals surface area contributed by atoms with Crippen LogP contribution in [0.15, 0.2) is 191 Å². The fourth-order valence-electron chi connectivity index (χ4n) is 8.38. The molecule has 4 aromatic heterocycles. The van der Waals surface area contributed by atoms with Crippen molar-refractivity contribution in [3.8, 4) is 51.0 Å². The lowest BCUT2D eigenvalue weighted by Crippen LogP contribution is -2.00. The van der Waals surface area contributed by atoms with Crippen LogP contribution in [0.2, 0.25) is 0 Å². The molecule has 0 aliphatic rings. The third-order valence-electron chi connectivity index (χ3n) is 11.0. The fourth-order valence-corrected chi connectivity index (χ4v) is 8.38. The summed E-state index contributed by atoms with van der Waals surface area (Å²) >= 11 is 0. The third-order valence-corrected chi connectivity index (χ3v) is 11.0. The van der Waals surface area contributed by atoms with Gasteiger partial charge >= 0.3 is 0 Å². The molecule has 0 aliphatic heterocycles. The summed E-state index contributed by atoms with van der Waals surface area (Å²) in [4.78, 5) is 15.1. The van der Waals surface area contributed by atoms with E-state index in [9.17, 15) is 0 Å². The van der Waals surface area contributed by atoms with Crippen LogP contribution in [0.5, 0.6) is 0 Å². The summed E-state index contributed by atoms with van der Waals surface area (Å²) in [6.07, 6.45) is 0. The molecule has 0 aliphatic carbocycles. The van der Waals surface area contributed by atoms with Crippen molar-refractivity contribution in [3.63, 3.8) is 0 Å². The van der Waals surface area contributed by atoms with Gasteiger partial charge in [-0.2, -0.15) is 0 Å². The first kappa shape index (κ1) is 31.5. The highest BCUT2D eigenvalue weighted by atomic mass is 16.3. The summed E-state index contributed by atoms with van der Waals surface area (Å²) in [5.74, 6) is 1.80. The van der Waals surface area contributed by atoms with E-state index >= 15 is 0 Å². The Morgan fingerprint density at radius 1 is 0.333 bits per heavy atom. The van der Waals surface area contributed by atoms with Gasteiger partial charge in [0, 0.05) is 49.3 Å². The number of hydrogen-bond donors (Lipinski definition) is 0. The number of aromatic nitrogens is 4. The molecule has 0 amide bonds. The molecule has 12 rings (SSSR count). The van der Waals surface area contributed by atoms with Gasteiger partial charge in [0.05, 0.1) is 16.4 Å². The molecular weight excluding hydrogens is 701 g/mol. The Morgan fingerprint density at radius 2 is 0.947 bits per heavy atom. The van der Waals surface area contributed by atoms with Gasteiger partial charge in [-0.1, -0.05) is 121 Å². The molecule has 4 heterocycles. The minimum Gasteiger partial charge on any atom is -0.456 e. The van der Waals surface area contributed by atoms with Crippen LogP contribution in [0, 0.1) is 0 Å². The molecule has 0 spiro atoms. The van der Waals surface area contributed by atoms with E-state index in [1.165, 1.54) is 0 Å². The molecule has 0 unspecified atom stereocenters. The minimum absolute atomic E-state index is 0.578. The quantitative estimate of drug-likeness (QED) is 0.176. The van der Waals surface area contributed by atoms with Crippen LogP contribution < -0.4 is 0 Å². The molecule has 6 nitrogen and oxygen atoms in total. The lowest BCUT2D eigenvalue weighted by atomic mass is 10.0. The van der Waals surface area contributed by atoms with E-state index in [1.54, 1.807) is 0 Å². The van der Waals surface area contributed by atoms with E-state index in [0.717, 1.165) is 99.2 Å². The average molecular weight is 731 g/mol. The number of rotatable bonds is 5. The highest BCUT2D eigenvalue weighted by molar-refractivity contribution is 6.24. The number of fused-ring (bicyclic) bond motifs is 10. The largest absolute Gasteiger partial charge is 0.456 e. The molecule has 57 heavy (non-hydrogen) atoms. The van der Waals surface area contributed by atoms with Gasteiger partial charge in [-0.3, -0.25) is 0 Å². The summed E-state index contributed by atoms with van der Waals surface area (Å²) in [6.45, 7) is 0. The second kappa shape index (κ2) is 12.3. The molecule has 8 aromatic carbocycles. The van der Waals surface area contributed by atoms with Crippen molar-refractivity contribution in [2.75, 3.05) is 0 Å². The maximum absolute atomic E-state index is 6.55. The molecule has 0 saturated carbocycles. The van der Waals surface area contributed by atoms with Crippen LogP contribution >= 0.6 is 0 Å². The molecule has 0 atom stereocenters. The van der Waals surface area contributed by atoms with Crippen LogP contribution in [0.25, 0.3) is 117 Å². The lowest BCUT2D eigenvalue weighted by Gasteiger charge is -2.10. The van der Waals surface area contributed by atoms with E-state index in [1.807, 2.05) is 54.6 Å². The molecule has 266 valence electrons. The molecular formula is C51H30N4O2. The Morgan fingerprint density at radius 3 is 1.77 bits per heavy atom. The van der Waals surface area contributed by atoms with Crippen molar-refractivity contribution in [3.05, 3.63) is 182 Å². The maximum Gasteiger partial charge on any atom is 0.164 e. The zero-order valence-corrected chi connectivity index (χ0v) is 30.4. The van der Waals surface area contributed by atoms with Gasteiger partial charge in [-0.05, 0) is 71.8 Å². The van der Waals surface area contributed by atoms with Gasteiger partial charge in [-0.25, -0.2) is 15.0 Å². The van der Waals surface area contributed by atoms with Crippen LogP contribution in [0.1, 0.15) is 0 Å². The van der Waals surface area contributed by atoms with Crippen molar-refractivity contribution in [1.29, 1.82) is 0 Å². The van der Waals surface area contributed by atoms with Crippen LogP contribution in [-0.4, -0.2) is 19.5 Å². The van der Waals surface area contributed by atoms with E-state index in [-0.39, 0.29) is 0 Å². The first-order valence-corrected chi connectivity index (χ1v) is 19.0. The van der Waals surface area contributed by atoms with E-state index < -0.39 is 0 Å². The molecule has 6 heteroatoms. The molecule has 0 fully saturated rings. The fraction of sp³-hybridized carbons (Fsp3) is 0. The summed E-state index contributed by atoms with van der Waals surface area (Å²) in [5, 5.41) is 6.55. The molecule has 12 aromatic rings. The van der Waals surface area contributed by atoms with Gasteiger partial charge in [0.25, 0.3) is 0 Å². The Kier molecular flexibility index (Phi) is 6.83. The summed E-state index contributed by atoms with van der Waals surface area (Å²) < 4.78 is 15.4.